The molecule has 2 heterocycles. The zero-order valence-electron chi connectivity index (χ0n) is 9.65. The van der Waals surface area contributed by atoms with Crippen LogP contribution in [0.15, 0.2) is 30.5 Å². The number of aromatic carboxylic acids is 1. The minimum atomic E-state index is -4.53. The highest BCUT2D eigenvalue weighted by molar-refractivity contribution is 6.33. The minimum absolute atomic E-state index is 0.0545. The van der Waals surface area contributed by atoms with Crippen molar-refractivity contribution in [3.63, 3.8) is 0 Å². The van der Waals surface area contributed by atoms with E-state index in [0.29, 0.717) is 0 Å². The summed E-state index contributed by atoms with van der Waals surface area (Å²) in [6.07, 6.45) is -3.55. The van der Waals surface area contributed by atoms with E-state index < -0.39 is 17.8 Å². The fourth-order valence-electron chi connectivity index (χ4n) is 1.47. The molecule has 0 aliphatic carbocycles. The molecule has 0 fully saturated rings. The lowest BCUT2D eigenvalue weighted by molar-refractivity contribution is -0.141. The van der Waals surface area contributed by atoms with Crippen molar-refractivity contribution in [2.45, 2.75) is 6.18 Å². The van der Waals surface area contributed by atoms with Gasteiger partial charge < -0.3 is 5.11 Å². The van der Waals surface area contributed by atoms with Crippen LogP contribution < -0.4 is 0 Å². The SMILES string of the molecule is O=C(O)c1nc(-c2ccc(C(F)(F)F)nc2)ccc1Cl. The second kappa shape index (κ2) is 5.09. The normalized spacial score (nSPS) is 11.4. The van der Waals surface area contributed by atoms with Crippen LogP contribution in [0.25, 0.3) is 11.3 Å². The molecular weight excluding hydrogens is 297 g/mol. The average molecular weight is 303 g/mol. The highest BCUT2D eigenvalue weighted by Crippen LogP contribution is 2.29. The predicted octanol–water partition coefficient (Wildman–Crippen LogP) is 3.51. The molecule has 0 saturated carbocycles. The standard InChI is InChI=1S/C12H6ClF3N2O2/c13-7-2-3-8(18-10(7)11(19)20)6-1-4-9(17-5-6)12(14,15)16/h1-5H,(H,19,20). The van der Waals surface area contributed by atoms with Gasteiger partial charge in [-0.1, -0.05) is 11.6 Å². The van der Waals surface area contributed by atoms with Gasteiger partial charge in [0.1, 0.15) is 5.69 Å². The second-order valence-electron chi connectivity index (χ2n) is 3.76. The number of carboxylic acids is 1. The van der Waals surface area contributed by atoms with Gasteiger partial charge in [-0.05, 0) is 24.3 Å². The van der Waals surface area contributed by atoms with Crippen LogP contribution in [0.4, 0.5) is 13.2 Å². The molecule has 0 aliphatic heterocycles. The first kappa shape index (κ1) is 14.3. The summed E-state index contributed by atoms with van der Waals surface area (Å²) in [4.78, 5) is 17.9. The molecule has 2 rings (SSSR count). The van der Waals surface area contributed by atoms with Gasteiger partial charge in [0.15, 0.2) is 5.69 Å². The lowest BCUT2D eigenvalue weighted by atomic mass is 10.1. The Bertz CT molecular complexity index is 657. The van der Waals surface area contributed by atoms with Gasteiger partial charge in [0.05, 0.1) is 10.7 Å². The summed E-state index contributed by atoms with van der Waals surface area (Å²) in [7, 11) is 0. The van der Waals surface area contributed by atoms with E-state index in [1.807, 2.05) is 0 Å². The van der Waals surface area contributed by atoms with Gasteiger partial charge >= 0.3 is 12.1 Å². The van der Waals surface area contributed by atoms with Gasteiger partial charge in [-0.25, -0.2) is 9.78 Å². The molecular formula is C12H6ClF3N2O2. The average Bonchev–Trinajstić information content (AvgIpc) is 2.38. The molecule has 1 N–H and O–H groups in total. The van der Waals surface area contributed by atoms with Crippen LogP contribution in [0.5, 0.6) is 0 Å². The number of halogens is 4. The third-order valence-corrected chi connectivity index (χ3v) is 2.70. The van der Waals surface area contributed by atoms with E-state index in [0.717, 1.165) is 18.3 Å². The third kappa shape index (κ3) is 2.88. The van der Waals surface area contributed by atoms with Crippen LogP contribution in [-0.4, -0.2) is 21.0 Å². The fourth-order valence-corrected chi connectivity index (χ4v) is 1.65. The van der Waals surface area contributed by atoms with Gasteiger partial charge in [-0.3, -0.25) is 4.98 Å². The summed E-state index contributed by atoms with van der Waals surface area (Å²) in [5.41, 5.74) is -0.970. The Morgan fingerprint density at radius 1 is 1.20 bits per heavy atom. The zero-order valence-corrected chi connectivity index (χ0v) is 10.4. The van der Waals surface area contributed by atoms with Gasteiger partial charge in [0.2, 0.25) is 0 Å². The molecule has 0 aromatic carbocycles. The number of pyridine rings is 2. The second-order valence-corrected chi connectivity index (χ2v) is 4.17. The highest BCUT2D eigenvalue weighted by atomic mass is 35.5. The molecule has 2 aromatic heterocycles. The van der Waals surface area contributed by atoms with Gasteiger partial charge in [0.25, 0.3) is 0 Å². The molecule has 2 aromatic rings. The number of aromatic nitrogens is 2. The van der Waals surface area contributed by atoms with E-state index >= 15 is 0 Å². The number of rotatable bonds is 2. The molecule has 8 heteroatoms. The monoisotopic (exact) mass is 302 g/mol. The Kier molecular flexibility index (Phi) is 3.63. The fraction of sp³-hybridized carbons (Fsp3) is 0.0833. The molecule has 0 radical (unpaired) electrons. The first-order chi connectivity index (χ1) is 9.29. The highest BCUT2D eigenvalue weighted by Gasteiger charge is 2.32. The number of carboxylic acid groups (broad SMARTS) is 1. The molecule has 20 heavy (non-hydrogen) atoms. The van der Waals surface area contributed by atoms with E-state index in [9.17, 15) is 18.0 Å². The van der Waals surface area contributed by atoms with Gasteiger partial charge in [-0.15, -0.1) is 0 Å². The van der Waals surface area contributed by atoms with Crippen molar-refractivity contribution >= 4 is 17.6 Å². The summed E-state index contributed by atoms with van der Waals surface area (Å²) >= 11 is 5.66. The topological polar surface area (TPSA) is 63.1 Å². The van der Waals surface area contributed by atoms with Crippen molar-refractivity contribution < 1.29 is 23.1 Å². The van der Waals surface area contributed by atoms with E-state index in [2.05, 4.69) is 9.97 Å². The maximum Gasteiger partial charge on any atom is 0.433 e. The Labute approximate surface area is 115 Å². The molecule has 0 aliphatic rings. The molecule has 0 spiro atoms. The lowest BCUT2D eigenvalue weighted by Crippen LogP contribution is -2.07. The maximum absolute atomic E-state index is 12.4. The Morgan fingerprint density at radius 3 is 2.40 bits per heavy atom. The minimum Gasteiger partial charge on any atom is -0.476 e. The van der Waals surface area contributed by atoms with Crippen molar-refractivity contribution in [1.29, 1.82) is 0 Å². The predicted molar refractivity (Wildman–Crippen MR) is 64.4 cm³/mol. The quantitative estimate of drug-likeness (QED) is 0.922. The summed E-state index contributed by atoms with van der Waals surface area (Å²) in [5.74, 6) is -1.32. The van der Waals surface area contributed by atoms with E-state index in [4.69, 9.17) is 16.7 Å². The Balaban J connectivity index is 2.42. The van der Waals surface area contributed by atoms with Gasteiger partial charge in [-0.2, -0.15) is 13.2 Å². The van der Waals surface area contributed by atoms with Crippen molar-refractivity contribution in [1.82, 2.24) is 9.97 Å². The number of alkyl halides is 3. The molecule has 0 atom stereocenters. The Hall–Kier alpha value is -2.15. The Morgan fingerprint density at radius 2 is 1.90 bits per heavy atom. The largest absolute Gasteiger partial charge is 0.476 e. The summed E-state index contributed by atoms with van der Waals surface area (Å²) in [6, 6.07) is 4.67. The van der Waals surface area contributed by atoms with E-state index in [1.54, 1.807) is 0 Å². The van der Waals surface area contributed by atoms with Crippen molar-refractivity contribution in [2.24, 2.45) is 0 Å². The molecule has 104 valence electrons. The van der Waals surface area contributed by atoms with E-state index in [1.165, 1.54) is 12.1 Å². The maximum atomic E-state index is 12.4. The molecule has 0 unspecified atom stereocenters. The summed E-state index contributed by atoms with van der Waals surface area (Å²) in [5, 5.41) is 8.82. The van der Waals surface area contributed by atoms with Crippen LogP contribution in [-0.2, 0) is 6.18 Å². The zero-order chi connectivity index (χ0) is 14.9. The first-order valence-electron chi connectivity index (χ1n) is 5.22. The van der Waals surface area contributed by atoms with Gasteiger partial charge in [0, 0.05) is 11.8 Å². The summed E-state index contributed by atoms with van der Waals surface area (Å²) < 4.78 is 37.1. The van der Waals surface area contributed by atoms with E-state index in [-0.39, 0.29) is 22.0 Å². The van der Waals surface area contributed by atoms with Crippen LogP contribution in [0, 0.1) is 0 Å². The van der Waals surface area contributed by atoms with Crippen molar-refractivity contribution in [3.05, 3.63) is 46.9 Å². The third-order valence-electron chi connectivity index (χ3n) is 2.40. The first-order valence-corrected chi connectivity index (χ1v) is 5.60. The summed E-state index contributed by atoms with van der Waals surface area (Å²) in [6.45, 7) is 0. The van der Waals surface area contributed by atoms with Crippen LogP contribution in [0.3, 0.4) is 0 Å². The molecule has 0 saturated heterocycles. The van der Waals surface area contributed by atoms with Crippen molar-refractivity contribution in [3.8, 4) is 11.3 Å². The van der Waals surface area contributed by atoms with Crippen LogP contribution >= 0.6 is 11.6 Å². The number of nitrogens with zero attached hydrogens (tertiary/aromatic N) is 2. The number of hydrogen-bond acceptors (Lipinski definition) is 3. The smallest absolute Gasteiger partial charge is 0.433 e. The van der Waals surface area contributed by atoms with Crippen LogP contribution in [0.2, 0.25) is 5.02 Å². The van der Waals surface area contributed by atoms with Crippen molar-refractivity contribution in [2.75, 3.05) is 0 Å². The lowest BCUT2D eigenvalue weighted by Gasteiger charge is -2.07. The molecule has 4 nitrogen and oxygen atoms in total. The number of hydrogen-bond donors (Lipinski definition) is 1. The molecule has 0 amide bonds. The number of carbonyl (C=O) groups is 1. The molecule has 0 bridgehead atoms. The van der Waals surface area contributed by atoms with Crippen LogP contribution in [0.1, 0.15) is 16.2 Å².